The van der Waals surface area contributed by atoms with Gasteiger partial charge in [-0.05, 0) is 12.8 Å². The van der Waals surface area contributed by atoms with Gasteiger partial charge >= 0.3 is 0 Å². The lowest BCUT2D eigenvalue weighted by atomic mass is 10.1. The molecule has 2 N–H and O–H groups in total. The Morgan fingerprint density at radius 3 is 2.50 bits per heavy atom. The van der Waals surface area contributed by atoms with Crippen molar-refractivity contribution in [1.29, 1.82) is 0 Å². The minimum absolute atomic E-state index is 0.258. The minimum atomic E-state index is -0.258. The summed E-state index contributed by atoms with van der Waals surface area (Å²) in [6.45, 7) is 0. The van der Waals surface area contributed by atoms with Crippen LogP contribution in [0.5, 0.6) is 0 Å². The van der Waals surface area contributed by atoms with Gasteiger partial charge in [0, 0.05) is 12.8 Å². The molecule has 0 aromatic heterocycles. The van der Waals surface area contributed by atoms with Crippen molar-refractivity contribution < 1.29 is 9.59 Å². The fraction of sp³-hybridized carbons (Fsp3) is 0.714. The molecule has 0 aliphatic rings. The van der Waals surface area contributed by atoms with Gasteiger partial charge in [-0.1, -0.05) is 6.42 Å². The molecule has 0 saturated heterocycles. The summed E-state index contributed by atoms with van der Waals surface area (Å²) in [5.41, 5.74) is 4.90. The highest BCUT2D eigenvalue weighted by Crippen LogP contribution is 2.00. The van der Waals surface area contributed by atoms with E-state index < -0.39 is 0 Å². The summed E-state index contributed by atoms with van der Waals surface area (Å²) < 4.78 is 0. The second-order valence-corrected chi connectivity index (χ2v) is 2.23. The van der Waals surface area contributed by atoms with Gasteiger partial charge in [0.25, 0.3) is 0 Å². The summed E-state index contributed by atoms with van der Waals surface area (Å²) in [7, 11) is 0. The maximum Gasteiger partial charge on any atom is 0.217 e. The van der Waals surface area contributed by atoms with E-state index in [4.69, 9.17) is 5.73 Å². The molecule has 0 radical (unpaired) electrons. The van der Waals surface area contributed by atoms with Crippen molar-refractivity contribution in [3.05, 3.63) is 0 Å². The molecule has 0 aliphatic heterocycles. The van der Waals surface area contributed by atoms with Crippen LogP contribution in [0.2, 0.25) is 0 Å². The normalized spacial score (nSPS) is 9.20. The number of nitrogens with two attached hydrogens (primary N) is 1. The van der Waals surface area contributed by atoms with Crippen molar-refractivity contribution >= 4 is 12.2 Å². The van der Waals surface area contributed by atoms with Crippen LogP contribution >= 0.6 is 0 Å². The van der Waals surface area contributed by atoms with Gasteiger partial charge in [0.15, 0.2) is 0 Å². The molecule has 0 spiro atoms. The summed E-state index contributed by atoms with van der Waals surface area (Å²) in [5.74, 6) is -0.258. The quantitative estimate of drug-likeness (QED) is 0.437. The van der Waals surface area contributed by atoms with Crippen molar-refractivity contribution in [2.75, 3.05) is 0 Å². The first-order chi connectivity index (χ1) is 4.77. The molecule has 0 rings (SSSR count). The van der Waals surface area contributed by atoms with E-state index in [2.05, 4.69) is 0 Å². The lowest BCUT2D eigenvalue weighted by Crippen LogP contribution is -2.09. The van der Waals surface area contributed by atoms with Crippen LogP contribution in [-0.4, -0.2) is 12.2 Å². The predicted octanol–water partition coefficient (Wildman–Crippen LogP) is 0.621. The van der Waals surface area contributed by atoms with Crippen LogP contribution in [0.4, 0.5) is 0 Å². The third-order valence-electron chi connectivity index (χ3n) is 1.25. The van der Waals surface area contributed by atoms with Crippen molar-refractivity contribution in [3.63, 3.8) is 0 Å². The third-order valence-corrected chi connectivity index (χ3v) is 1.25. The Hall–Kier alpha value is -0.860. The fourth-order valence-electron chi connectivity index (χ4n) is 0.704. The highest BCUT2D eigenvalue weighted by Gasteiger charge is 1.92. The van der Waals surface area contributed by atoms with Gasteiger partial charge in [-0.2, -0.15) is 0 Å². The molecule has 10 heavy (non-hydrogen) atoms. The SMILES string of the molecule is NC(=O)CCCCCC=O. The molecular formula is C7H13NO2. The van der Waals surface area contributed by atoms with Gasteiger partial charge in [0.05, 0.1) is 0 Å². The predicted molar refractivity (Wildman–Crippen MR) is 38.3 cm³/mol. The molecule has 0 aromatic carbocycles. The molecule has 0 bridgehead atoms. The Morgan fingerprint density at radius 1 is 1.30 bits per heavy atom. The van der Waals surface area contributed by atoms with Gasteiger partial charge < -0.3 is 10.5 Å². The van der Waals surface area contributed by atoms with E-state index in [-0.39, 0.29) is 5.91 Å². The lowest BCUT2D eigenvalue weighted by Gasteiger charge is -1.93. The van der Waals surface area contributed by atoms with E-state index in [0.29, 0.717) is 12.8 Å². The highest BCUT2D eigenvalue weighted by molar-refractivity contribution is 5.73. The molecule has 1 amide bonds. The zero-order valence-electron chi connectivity index (χ0n) is 6.01. The first-order valence-electron chi connectivity index (χ1n) is 3.49. The zero-order valence-corrected chi connectivity index (χ0v) is 6.01. The number of aldehydes is 1. The molecule has 0 aliphatic carbocycles. The number of unbranched alkanes of at least 4 members (excludes halogenated alkanes) is 3. The summed E-state index contributed by atoms with van der Waals surface area (Å²) in [6, 6.07) is 0. The zero-order chi connectivity index (χ0) is 7.82. The van der Waals surface area contributed by atoms with Crippen LogP contribution in [-0.2, 0) is 9.59 Å². The van der Waals surface area contributed by atoms with E-state index in [1.54, 1.807) is 0 Å². The average Bonchev–Trinajstić information content (AvgIpc) is 1.87. The van der Waals surface area contributed by atoms with Gasteiger partial charge in [0.1, 0.15) is 6.29 Å². The van der Waals surface area contributed by atoms with Crippen molar-refractivity contribution in [1.82, 2.24) is 0 Å². The first-order valence-corrected chi connectivity index (χ1v) is 3.49. The maximum absolute atomic E-state index is 10.2. The second-order valence-electron chi connectivity index (χ2n) is 2.23. The number of carbonyl (C=O) groups excluding carboxylic acids is 2. The minimum Gasteiger partial charge on any atom is -0.370 e. The molecule has 0 unspecified atom stereocenters. The Kier molecular flexibility index (Phi) is 5.72. The van der Waals surface area contributed by atoms with E-state index in [9.17, 15) is 9.59 Å². The first kappa shape index (κ1) is 9.14. The third kappa shape index (κ3) is 7.14. The maximum atomic E-state index is 10.2. The average molecular weight is 143 g/mol. The summed E-state index contributed by atoms with van der Waals surface area (Å²) in [6.07, 6.45) is 4.53. The number of carbonyl (C=O) groups is 2. The number of amides is 1. The monoisotopic (exact) mass is 143 g/mol. The van der Waals surface area contributed by atoms with Crippen molar-refractivity contribution in [3.8, 4) is 0 Å². The fourth-order valence-corrected chi connectivity index (χ4v) is 0.704. The Bertz CT molecular complexity index is 112. The largest absolute Gasteiger partial charge is 0.370 e. The van der Waals surface area contributed by atoms with Crippen LogP contribution < -0.4 is 5.73 Å². The lowest BCUT2D eigenvalue weighted by molar-refractivity contribution is -0.118. The van der Waals surface area contributed by atoms with Crippen LogP contribution in [0.1, 0.15) is 32.1 Å². The molecule has 0 atom stereocenters. The highest BCUT2D eigenvalue weighted by atomic mass is 16.1. The van der Waals surface area contributed by atoms with E-state index in [1.807, 2.05) is 0 Å². The molecule has 3 nitrogen and oxygen atoms in total. The number of primary amides is 1. The topological polar surface area (TPSA) is 60.2 Å². The van der Waals surface area contributed by atoms with Crippen molar-refractivity contribution in [2.24, 2.45) is 5.73 Å². The van der Waals surface area contributed by atoms with Crippen LogP contribution in [0.3, 0.4) is 0 Å². The molecule has 0 aromatic rings. The number of hydrogen-bond acceptors (Lipinski definition) is 2. The smallest absolute Gasteiger partial charge is 0.217 e. The van der Waals surface area contributed by atoms with E-state index in [1.165, 1.54) is 0 Å². The standard InChI is InChI=1S/C7H13NO2/c8-7(10)5-3-1-2-4-6-9/h6H,1-5H2,(H2,8,10). The summed E-state index contributed by atoms with van der Waals surface area (Å²) in [5, 5.41) is 0. The van der Waals surface area contributed by atoms with Crippen LogP contribution in [0.25, 0.3) is 0 Å². The van der Waals surface area contributed by atoms with Gasteiger partial charge in [-0.15, -0.1) is 0 Å². The van der Waals surface area contributed by atoms with Gasteiger partial charge in [-0.25, -0.2) is 0 Å². The van der Waals surface area contributed by atoms with Gasteiger partial charge in [-0.3, -0.25) is 4.79 Å². The summed E-state index contributed by atoms with van der Waals surface area (Å²) in [4.78, 5) is 20.0. The van der Waals surface area contributed by atoms with Crippen molar-refractivity contribution in [2.45, 2.75) is 32.1 Å². The molecule has 58 valence electrons. The molecule has 0 fully saturated rings. The second kappa shape index (κ2) is 6.26. The van der Waals surface area contributed by atoms with Gasteiger partial charge in [0.2, 0.25) is 5.91 Å². The van der Waals surface area contributed by atoms with Crippen LogP contribution in [0.15, 0.2) is 0 Å². The Balaban J connectivity index is 2.90. The van der Waals surface area contributed by atoms with Crippen LogP contribution in [0, 0.1) is 0 Å². The van der Waals surface area contributed by atoms with E-state index in [0.717, 1.165) is 25.5 Å². The molecule has 0 saturated carbocycles. The Labute approximate surface area is 60.6 Å². The Morgan fingerprint density at radius 2 is 2.00 bits per heavy atom. The molecule has 0 heterocycles. The molecular weight excluding hydrogens is 130 g/mol. The number of hydrogen-bond donors (Lipinski definition) is 1. The number of rotatable bonds is 6. The summed E-state index contributed by atoms with van der Waals surface area (Å²) >= 11 is 0. The van der Waals surface area contributed by atoms with E-state index >= 15 is 0 Å². The molecule has 3 heteroatoms.